The molecule has 0 unspecified atom stereocenters. The SMILES string of the molecule is CC(=O)N(CCc1ccccc1)CC(=O)N1CCC(O)(C(=O)O)CC1. The first-order valence-corrected chi connectivity index (χ1v) is 8.35. The third-order valence-corrected chi connectivity index (χ3v) is 4.63. The molecule has 1 aromatic carbocycles. The topological polar surface area (TPSA) is 98.2 Å². The molecule has 0 bridgehead atoms. The standard InChI is InChI=1S/C18H24N2O5/c1-14(21)20(10-7-15-5-3-2-4-6-15)13-16(22)19-11-8-18(25,9-12-19)17(23)24/h2-6,25H,7-13H2,1H3,(H,23,24). The summed E-state index contributed by atoms with van der Waals surface area (Å²) in [5.74, 6) is -1.66. The molecular weight excluding hydrogens is 324 g/mol. The highest BCUT2D eigenvalue weighted by atomic mass is 16.4. The Kier molecular flexibility index (Phi) is 6.14. The van der Waals surface area contributed by atoms with Gasteiger partial charge in [0.1, 0.15) is 0 Å². The van der Waals surface area contributed by atoms with Crippen LogP contribution in [0.15, 0.2) is 30.3 Å². The molecular formula is C18H24N2O5. The van der Waals surface area contributed by atoms with Crippen molar-refractivity contribution >= 4 is 17.8 Å². The first kappa shape index (κ1) is 18.9. The molecule has 136 valence electrons. The third-order valence-electron chi connectivity index (χ3n) is 4.63. The molecule has 1 saturated heterocycles. The monoisotopic (exact) mass is 348 g/mol. The Morgan fingerprint density at radius 2 is 1.76 bits per heavy atom. The quantitative estimate of drug-likeness (QED) is 0.781. The molecule has 0 spiro atoms. The summed E-state index contributed by atoms with van der Waals surface area (Å²) in [6.45, 7) is 2.18. The molecule has 0 aromatic heterocycles. The van der Waals surface area contributed by atoms with Crippen LogP contribution in [0.3, 0.4) is 0 Å². The van der Waals surface area contributed by atoms with Gasteiger partial charge in [-0.25, -0.2) is 4.79 Å². The third kappa shape index (κ3) is 5.03. The number of carbonyl (C=O) groups excluding carboxylic acids is 2. The molecule has 7 nitrogen and oxygen atoms in total. The second-order valence-electron chi connectivity index (χ2n) is 6.39. The maximum absolute atomic E-state index is 12.4. The molecule has 25 heavy (non-hydrogen) atoms. The van der Waals surface area contributed by atoms with Crippen LogP contribution in [0, 0.1) is 0 Å². The highest BCUT2D eigenvalue weighted by Crippen LogP contribution is 2.22. The van der Waals surface area contributed by atoms with E-state index in [2.05, 4.69) is 0 Å². The fraction of sp³-hybridized carbons (Fsp3) is 0.500. The summed E-state index contributed by atoms with van der Waals surface area (Å²) in [6.07, 6.45) is 0.656. The van der Waals surface area contributed by atoms with Crippen LogP contribution in [0.5, 0.6) is 0 Å². The molecule has 0 radical (unpaired) electrons. The van der Waals surface area contributed by atoms with Gasteiger partial charge in [-0.15, -0.1) is 0 Å². The van der Waals surface area contributed by atoms with Gasteiger partial charge < -0.3 is 20.0 Å². The number of aliphatic carboxylic acids is 1. The van der Waals surface area contributed by atoms with Crippen molar-refractivity contribution in [3.05, 3.63) is 35.9 Å². The molecule has 0 atom stereocenters. The Hall–Kier alpha value is -2.41. The minimum Gasteiger partial charge on any atom is -0.479 e. The average molecular weight is 348 g/mol. The molecule has 1 aromatic rings. The van der Waals surface area contributed by atoms with Crippen molar-refractivity contribution in [3.8, 4) is 0 Å². The first-order valence-electron chi connectivity index (χ1n) is 8.35. The lowest BCUT2D eigenvalue weighted by Gasteiger charge is -2.36. The highest BCUT2D eigenvalue weighted by molar-refractivity contribution is 5.84. The molecule has 0 aliphatic carbocycles. The van der Waals surface area contributed by atoms with Gasteiger partial charge in [-0.05, 0) is 12.0 Å². The van der Waals surface area contributed by atoms with Gasteiger partial charge in [-0.1, -0.05) is 30.3 Å². The minimum atomic E-state index is -1.76. The van der Waals surface area contributed by atoms with Crippen LogP contribution in [0.25, 0.3) is 0 Å². The Bertz CT molecular complexity index is 624. The molecule has 1 heterocycles. The van der Waals surface area contributed by atoms with E-state index in [0.717, 1.165) is 5.56 Å². The molecule has 2 rings (SSSR count). The van der Waals surface area contributed by atoms with Crippen LogP contribution in [0.1, 0.15) is 25.3 Å². The van der Waals surface area contributed by atoms with Crippen molar-refractivity contribution < 1.29 is 24.6 Å². The van der Waals surface area contributed by atoms with Crippen molar-refractivity contribution in [1.82, 2.24) is 9.80 Å². The van der Waals surface area contributed by atoms with Gasteiger partial charge in [0, 0.05) is 39.4 Å². The van der Waals surface area contributed by atoms with Gasteiger partial charge in [0.15, 0.2) is 5.60 Å². The molecule has 7 heteroatoms. The summed E-state index contributed by atoms with van der Waals surface area (Å²) in [6, 6.07) is 9.71. The molecule has 0 saturated carbocycles. The average Bonchev–Trinajstić information content (AvgIpc) is 2.59. The number of hydrogen-bond acceptors (Lipinski definition) is 4. The first-order chi connectivity index (χ1) is 11.8. The number of aliphatic hydroxyl groups is 1. The number of carboxylic acids is 1. The zero-order valence-electron chi connectivity index (χ0n) is 14.4. The fourth-order valence-electron chi connectivity index (χ4n) is 2.86. The number of rotatable bonds is 6. The number of carboxylic acid groups (broad SMARTS) is 1. The predicted molar refractivity (Wildman–Crippen MR) is 90.8 cm³/mol. The van der Waals surface area contributed by atoms with E-state index in [4.69, 9.17) is 5.11 Å². The van der Waals surface area contributed by atoms with Gasteiger partial charge in [-0.2, -0.15) is 0 Å². The zero-order chi connectivity index (χ0) is 18.4. The lowest BCUT2D eigenvalue weighted by molar-refractivity contribution is -0.165. The van der Waals surface area contributed by atoms with Crippen LogP contribution in [0.2, 0.25) is 0 Å². The van der Waals surface area contributed by atoms with Gasteiger partial charge in [-0.3, -0.25) is 9.59 Å². The van der Waals surface area contributed by atoms with Gasteiger partial charge in [0.2, 0.25) is 11.8 Å². The number of nitrogens with zero attached hydrogens (tertiary/aromatic N) is 2. The molecule has 1 aliphatic heterocycles. The van der Waals surface area contributed by atoms with E-state index >= 15 is 0 Å². The predicted octanol–water partition coefficient (Wildman–Crippen LogP) is 0.516. The Morgan fingerprint density at radius 3 is 2.28 bits per heavy atom. The van der Waals surface area contributed by atoms with Crippen molar-refractivity contribution in [2.45, 2.75) is 31.8 Å². The van der Waals surface area contributed by atoms with E-state index in [0.29, 0.717) is 13.0 Å². The Morgan fingerprint density at radius 1 is 1.16 bits per heavy atom. The van der Waals surface area contributed by atoms with E-state index in [-0.39, 0.29) is 44.3 Å². The molecule has 2 amide bonds. The van der Waals surface area contributed by atoms with Gasteiger partial charge in [0.05, 0.1) is 6.54 Å². The summed E-state index contributed by atoms with van der Waals surface area (Å²) < 4.78 is 0. The molecule has 1 fully saturated rings. The van der Waals surface area contributed by atoms with Crippen LogP contribution < -0.4 is 0 Å². The van der Waals surface area contributed by atoms with Gasteiger partial charge >= 0.3 is 5.97 Å². The summed E-state index contributed by atoms with van der Waals surface area (Å²) >= 11 is 0. The normalized spacial score (nSPS) is 16.3. The van der Waals surface area contributed by atoms with Gasteiger partial charge in [0.25, 0.3) is 0 Å². The lowest BCUT2D eigenvalue weighted by Crippen LogP contribution is -2.53. The highest BCUT2D eigenvalue weighted by Gasteiger charge is 2.40. The van der Waals surface area contributed by atoms with Crippen molar-refractivity contribution in [2.24, 2.45) is 0 Å². The summed E-state index contributed by atoms with van der Waals surface area (Å²) in [5, 5.41) is 18.9. The molecule has 2 N–H and O–H groups in total. The van der Waals surface area contributed by atoms with Crippen LogP contribution in [-0.4, -0.2) is 69.6 Å². The van der Waals surface area contributed by atoms with Crippen LogP contribution in [0.4, 0.5) is 0 Å². The zero-order valence-corrected chi connectivity index (χ0v) is 14.4. The van der Waals surface area contributed by atoms with Crippen LogP contribution >= 0.6 is 0 Å². The minimum absolute atomic E-state index is 0.00183. The van der Waals surface area contributed by atoms with Crippen molar-refractivity contribution in [1.29, 1.82) is 0 Å². The summed E-state index contributed by atoms with van der Waals surface area (Å²) in [5.41, 5.74) is -0.671. The maximum atomic E-state index is 12.4. The maximum Gasteiger partial charge on any atom is 0.335 e. The lowest BCUT2D eigenvalue weighted by atomic mass is 9.91. The summed E-state index contributed by atoms with van der Waals surface area (Å²) in [4.78, 5) is 38.3. The molecule has 1 aliphatic rings. The van der Waals surface area contributed by atoms with Crippen LogP contribution in [-0.2, 0) is 20.8 Å². The summed E-state index contributed by atoms with van der Waals surface area (Å²) in [7, 11) is 0. The van der Waals surface area contributed by atoms with E-state index in [1.165, 1.54) is 16.7 Å². The van der Waals surface area contributed by atoms with E-state index in [1.54, 1.807) is 0 Å². The van der Waals surface area contributed by atoms with E-state index in [9.17, 15) is 19.5 Å². The number of piperidine rings is 1. The number of hydrogen-bond donors (Lipinski definition) is 2. The fourth-order valence-corrected chi connectivity index (χ4v) is 2.86. The number of carbonyl (C=O) groups is 3. The second-order valence-corrected chi connectivity index (χ2v) is 6.39. The second kappa shape index (κ2) is 8.11. The largest absolute Gasteiger partial charge is 0.479 e. The Balaban J connectivity index is 1.88. The number of amides is 2. The smallest absolute Gasteiger partial charge is 0.335 e. The van der Waals surface area contributed by atoms with E-state index < -0.39 is 11.6 Å². The van der Waals surface area contributed by atoms with Crippen molar-refractivity contribution in [2.75, 3.05) is 26.2 Å². The Labute approximate surface area is 146 Å². The van der Waals surface area contributed by atoms with Crippen molar-refractivity contribution in [3.63, 3.8) is 0 Å². The number of likely N-dealkylation sites (tertiary alicyclic amines) is 1. The number of benzene rings is 1. The van der Waals surface area contributed by atoms with E-state index in [1.807, 2.05) is 30.3 Å².